The number of carbonyl (C=O) groups is 1. The molecule has 2 rings (SSSR count). The minimum Gasteiger partial charge on any atom is -0.456 e. The van der Waals surface area contributed by atoms with Gasteiger partial charge in [0.15, 0.2) is 12.0 Å². The second-order valence-corrected chi connectivity index (χ2v) is 5.13. The summed E-state index contributed by atoms with van der Waals surface area (Å²) < 4.78 is 7.95. The molecule has 2 aromatic rings. The monoisotopic (exact) mass is 359 g/mol. The van der Waals surface area contributed by atoms with Crippen molar-refractivity contribution >= 4 is 38.1 Å². The van der Waals surface area contributed by atoms with Crippen LogP contribution in [0.5, 0.6) is 0 Å². The lowest BCUT2D eigenvalue weighted by atomic mass is 10.4. The highest BCUT2D eigenvalue weighted by atomic mass is 79.9. The van der Waals surface area contributed by atoms with Crippen LogP contribution in [0, 0.1) is 0 Å². The van der Waals surface area contributed by atoms with E-state index in [1.165, 1.54) is 4.57 Å². The summed E-state index contributed by atoms with van der Waals surface area (Å²) in [6.45, 7) is 0.282. The van der Waals surface area contributed by atoms with Crippen molar-refractivity contribution in [1.82, 2.24) is 4.57 Å². The fourth-order valence-corrected chi connectivity index (χ4v) is 2.65. The Morgan fingerprint density at radius 2 is 2.12 bits per heavy atom. The molecule has 4 nitrogen and oxygen atoms in total. The van der Waals surface area contributed by atoms with E-state index < -0.39 is 0 Å². The van der Waals surface area contributed by atoms with E-state index in [4.69, 9.17) is 4.42 Å². The first kappa shape index (κ1) is 12.3. The number of aromatic nitrogens is 1. The summed E-state index contributed by atoms with van der Waals surface area (Å²) in [7, 11) is 0. The van der Waals surface area contributed by atoms with E-state index in [1.807, 2.05) is 0 Å². The average molecular weight is 361 g/mol. The molecule has 0 aliphatic carbocycles. The Morgan fingerprint density at radius 1 is 1.35 bits per heavy atom. The summed E-state index contributed by atoms with van der Waals surface area (Å²) in [6.07, 6.45) is 2.29. The fourth-order valence-electron chi connectivity index (χ4n) is 1.39. The van der Waals surface area contributed by atoms with Crippen molar-refractivity contribution in [3.63, 3.8) is 0 Å². The van der Waals surface area contributed by atoms with Crippen molar-refractivity contribution in [1.29, 1.82) is 0 Å². The molecule has 0 spiro atoms. The molecule has 0 atom stereocenters. The maximum atomic E-state index is 11.8. The molecule has 88 valence electrons. The van der Waals surface area contributed by atoms with E-state index in [1.54, 1.807) is 24.4 Å². The van der Waals surface area contributed by atoms with Crippen LogP contribution in [0.4, 0.5) is 0 Å². The van der Waals surface area contributed by atoms with Gasteiger partial charge in [0.05, 0.1) is 11.0 Å². The molecule has 2 aromatic heterocycles. The Bertz CT molecular complexity index is 615. The number of furan rings is 1. The highest BCUT2D eigenvalue weighted by Gasteiger charge is 2.06. The second-order valence-electron chi connectivity index (χ2n) is 3.36. The summed E-state index contributed by atoms with van der Waals surface area (Å²) in [5.74, 6) is 0.807. The van der Waals surface area contributed by atoms with Crippen molar-refractivity contribution in [2.24, 2.45) is 0 Å². The van der Waals surface area contributed by atoms with Crippen LogP contribution in [-0.2, 0) is 6.54 Å². The van der Waals surface area contributed by atoms with Gasteiger partial charge in [-0.15, -0.1) is 0 Å². The quantitative estimate of drug-likeness (QED) is 0.791. The topological polar surface area (TPSA) is 52.2 Å². The van der Waals surface area contributed by atoms with E-state index in [0.717, 1.165) is 4.47 Å². The van der Waals surface area contributed by atoms with Crippen LogP contribution in [-0.4, -0.2) is 10.9 Å². The Hall–Kier alpha value is -1.14. The van der Waals surface area contributed by atoms with Crippen LogP contribution in [0.25, 0.3) is 0 Å². The first-order valence-electron chi connectivity index (χ1n) is 4.69. The van der Waals surface area contributed by atoms with Gasteiger partial charge in [-0.2, -0.15) is 0 Å². The van der Waals surface area contributed by atoms with Gasteiger partial charge < -0.3 is 8.98 Å². The van der Waals surface area contributed by atoms with E-state index in [2.05, 4.69) is 31.9 Å². The Kier molecular flexibility index (Phi) is 3.63. The Balaban J connectivity index is 2.35. The van der Waals surface area contributed by atoms with Crippen molar-refractivity contribution in [3.8, 4) is 0 Å². The predicted molar refractivity (Wildman–Crippen MR) is 69.3 cm³/mol. The Labute approximate surface area is 114 Å². The van der Waals surface area contributed by atoms with Crippen LogP contribution >= 0.6 is 31.9 Å². The molecule has 0 fully saturated rings. The van der Waals surface area contributed by atoms with Gasteiger partial charge in [0, 0.05) is 10.7 Å². The average Bonchev–Trinajstić information content (AvgIpc) is 2.73. The van der Waals surface area contributed by atoms with Gasteiger partial charge in [0.2, 0.25) is 0 Å². The standard InChI is InChI=1S/C11H7Br2NO3/c12-7-3-10(13)11(16)14(4-7)5-8-1-2-9(6-15)17-8/h1-4,6H,5H2. The highest BCUT2D eigenvalue weighted by molar-refractivity contribution is 9.11. The summed E-state index contributed by atoms with van der Waals surface area (Å²) in [5.41, 5.74) is -0.155. The van der Waals surface area contributed by atoms with Gasteiger partial charge in [-0.3, -0.25) is 9.59 Å². The number of rotatable bonds is 3. The van der Waals surface area contributed by atoms with Gasteiger partial charge in [0.25, 0.3) is 5.56 Å². The summed E-state index contributed by atoms with van der Waals surface area (Å²) in [4.78, 5) is 22.3. The zero-order chi connectivity index (χ0) is 12.4. The molecule has 0 saturated heterocycles. The largest absolute Gasteiger partial charge is 0.456 e. The zero-order valence-electron chi connectivity index (χ0n) is 8.52. The van der Waals surface area contributed by atoms with E-state index in [-0.39, 0.29) is 17.9 Å². The molecule has 0 aromatic carbocycles. The van der Waals surface area contributed by atoms with Crippen LogP contribution in [0.2, 0.25) is 0 Å². The molecular weight excluding hydrogens is 354 g/mol. The maximum absolute atomic E-state index is 11.8. The molecule has 0 saturated carbocycles. The molecule has 0 amide bonds. The molecule has 0 aliphatic rings. The molecule has 0 radical (unpaired) electrons. The van der Waals surface area contributed by atoms with Crippen molar-refractivity contribution in [2.75, 3.05) is 0 Å². The predicted octanol–water partition coefficient (Wildman–Crippen LogP) is 2.83. The molecular formula is C11H7Br2NO3. The molecule has 6 heteroatoms. The lowest BCUT2D eigenvalue weighted by molar-refractivity contribution is 0.109. The lowest BCUT2D eigenvalue weighted by Gasteiger charge is -2.04. The van der Waals surface area contributed by atoms with Crippen molar-refractivity contribution < 1.29 is 9.21 Å². The second kappa shape index (κ2) is 5.01. The number of hydrogen-bond acceptors (Lipinski definition) is 3. The minimum absolute atomic E-state index is 0.155. The van der Waals surface area contributed by atoms with Crippen LogP contribution in [0.15, 0.2) is 42.6 Å². The number of hydrogen-bond donors (Lipinski definition) is 0. The number of aldehydes is 1. The normalized spacial score (nSPS) is 10.5. The minimum atomic E-state index is -0.155. The van der Waals surface area contributed by atoms with Gasteiger partial charge in [0.1, 0.15) is 5.76 Å². The van der Waals surface area contributed by atoms with Crippen molar-refractivity contribution in [2.45, 2.75) is 6.54 Å². The van der Waals surface area contributed by atoms with Crippen LogP contribution in [0.3, 0.4) is 0 Å². The van der Waals surface area contributed by atoms with E-state index >= 15 is 0 Å². The third-order valence-corrected chi connectivity index (χ3v) is 3.14. The molecule has 0 aliphatic heterocycles. The molecule has 0 N–H and O–H groups in total. The number of carbonyl (C=O) groups excluding carboxylic acids is 1. The summed E-state index contributed by atoms with van der Waals surface area (Å²) >= 11 is 6.48. The highest BCUT2D eigenvalue weighted by Crippen LogP contribution is 2.14. The molecule has 0 bridgehead atoms. The number of pyridine rings is 1. The van der Waals surface area contributed by atoms with Gasteiger partial charge in [-0.25, -0.2) is 0 Å². The fraction of sp³-hybridized carbons (Fsp3) is 0.0909. The summed E-state index contributed by atoms with van der Waals surface area (Å²) in [6, 6.07) is 4.92. The van der Waals surface area contributed by atoms with E-state index in [0.29, 0.717) is 16.5 Å². The van der Waals surface area contributed by atoms with Crippen LogP contribution < -0.4 is 5.56 Å². The van der Waals surface area contributed by atoms with Gasteiger partial charge in [-0.05, 0) is 50.1 Å². The van der Waals surface area contributed by atoms with Gasteiger partial charge in [-0.1, -0.05) is 0 Å². The van der Waals surface area contributed by atoms with Crippen molar-refractivity contribution in [3.05, 3.63) is 55.2 Å². The third kappa shape index (κ3) is 2.76. The van der Waals surface area contributed by atoms with Crippen LogP contribution in [0.1, 0.15) is 16.3 Å². The summed E-state index contributed by atoms with van der Waals surface area (Å²) in [5, 5.41) is 0. The first-order chi connectivity index (χ1) is 8.10. The number of halogens is 2. The third-order valence-electron chi connectivity index (χ3n) is 2.13. The SMILES string of the molecule is O=Cc1ccc(Cn2cc(Br)cc(Br)c2=O)o1. The lowest BCUT2D eigenvalue weighted by Crippen LogP contribution is -2.20. The first-order valence-corrected chi connectivity index (χ1v) is 6.28. The maximum Gasteiger partial charge on any atom is 0.265 e. The smallest absolute Gasteiger partial charge is 0.265 e. The molecule has 0 unspecified atom stereocenters. The van der Waals surface area contributed by atoms with E-state index in [9.17, 15) is 9.59 Å². The Morgan fingerprint density at radius 3 is 2.76 bits per heavy atom. The van der Waals surface area contributed by atoms with Gasteiger partial charge >= 0.3 is 0 Å². The molecule has 2 heterocycles. The zero-order valence-corrected chi connectivity index (χ0v) is 11.7. The molecule has 17 heavy (non-hydrogen) atoms. The number of nitrogens with zero attached hydrogens (tertiary/aromatic N) is 1.